The molecule has 1 aromatic heterocycles. The van der Waals surface area contributed by atoms with Crippen LogP contribution < -0.4 is 10.1 Å². The molecule has 7 nitrogen and oxygen atoms in total. The predicted molar refractivity (Wildman–Crippen MR) is 143 cm³/mol. The van der Waals surface area contributed by atoms with E-state index in [1.54, 1.807) is 59.7 Å². The molecule has 2 heterocycles. The maximum absolute atomic E-state index is 13.6. The van der Waals surface area contributed by atoms with Crippen LogP contribution in [0.2, 0.25) is 5.02 Å². The molecule has 0 saturated carbocycles. The number of halogens is 2. The molecule has 3 amide bonds. The van der Waals surface area contributed by atoms with Gasteiger partial charge in [-0.05, 0) is 60.2 Å². The van der Waals surface area contributed by atoms with Crippen LogP contribution in [-0.4, -0.2) is 61.7 Å². The molecule has 0 spiro atoms. The minimum atomic E-state index is -0.396. The van der Waals surface area contributed by atoms with E-state index in [1.165, 1.54) is 21.9 Å². The molecular weight excluding hydrogens is 517 g/mol. The van der Waals surface area contributed by atoms with Crippen molar-refractivity contribution in [2.24, 2.45) is 0 Å². The van der Waals surface area contributed by atoms with E-state index in [1.807, 2.05) is 11.4 Å². The maximum Gasteiger partial charge on any atom is 0.322 e. The van der Waals surface area contributed by atoms with E-state index in [9.17, 15) is 14.0 Å². The second-order valence-corrected chi connectivity index (χ2v) is 10.1. The van der Waals surface area contributed by atoms with Crippen LogP contribution in [0.4, 0.5) is 14.9 Å². The van der Waals surface area contributed by atoms with Crippen molar-refractivity contribution in [1.29, 1.82) is 0 Å². The first-order valence-electron chi connectivity index (χ1n) is 12.0. The third-order valence-corrected chi connectivity index (χ3v) is 7.32. The second-order valence-electron chi connectivity index (χ2n) is 8.63. The number of hydrogen-bond acceptors (Lipinski definition) is 5. The number of benzene rings is 2. The lowest BCUT2D eigenvalue weighted by atomic mass is 10.0. The number of urea groups is 1. The van der Waals surface area contributed by atoms with E-state index in [4.69, 9.17) is 21.1 Å². The van der Waals surface area contributed by atoms with Crippen molar-refractivity contribution in [2.45, 2.75) is 18.9 Å². The van der Waals surface area contributed by atoms with E-state index in [-0.39, 0.29) is 30.9 Å². The number of carbonyl (C=O) groups excluding carboxylic acids is 2. The number of fused-ring (bicyclic) bond motifs is 1. The van der Waals surface area contributed by atoms with E-state index in [0.29, 0.717) is 42.6 Å². The predicted octanol–water partition coefficient (Wildman–Crippen LogP) is 5.62. The summed E-state index contributed by atoms with van der Waals surface area (Å²) >= 11 is 7.70. The highest BCUT2D eigenvalue weighted by Gasteiger charge is 2.33. The van der Waals surface area contributed by atoms with Crippen LogP contribution in [0.1, 0.15) is 22.9 Å². The van der Waals surface area contributed by atoms with Crippen LogP contribution in [0, 0.1) is 5.82 Å². The number of rotatable bonds is 10. The highest BCUT2D eigenvalue weighted by atomic mass is 35.5. The van der Waals surface area contributed by atoms with Gasteiger partial charge in [0.2, 0.25) is 5.91 Å². The molecule has 2 aromatic carbocycles. The molecule has 196 valence electrons. The van der Waals surface area contributed by atoms with Gasteiger partial charge in [-0.2, -0.15) is 0 Å². The fourth-order valence-electron chi connectivity index (χ4n) is 4.28. The topological polar surface area (TPSA) is 71.1 Å². The molecule has 0 unspecified atom stereocenters. The van der Waals surface area contributed by atoms with Crippen LogP contribution in [-0.2, 0) is 16.0 Å². The van der Waals surface area contributed by atoms with Crippen molar-refractivity contribution in [3.63, 3.8) is 0 Å². The molecule has 1 aliphatic heterocycles. The van der Waals surface area contributed by atoms with Crippen molar-refractivity contribution >= 4 is 40.6 Å². The molecule has 4 rings (SSSR count). The summed E-state index contributed by atoms with van der Waals surface area (Å²) in [5, 5.41) is 5.33. The Hall–Kier alpha value is -3.14. The van der Waals surface area contributed by atoms with Gasteiger partial charge in [0.05, 0.1) is 6.04 Å². The molecule has 1 atom stereocenters. The first kappa shape index (κ1) is 26.9. The van der Waals surface area contributed by atoms with Crippen molar-refractivity contribution in [1.82, 2.24) is 9.80 Å². The van der Waals surface area contributed by atoms with Gasteiger partial charge in [-0.15, -0.1) is 11.3 Å². The van der Waals surface area contributed by atoms with Gasteiger partial charge in [0.25, 0.3) is 0 Å². The summed E-state index contributed by atoms with van der Waals surface area (Å²) in [5.74, 6) is -0.178. The molecule has 0 radical (unpaired) electrons. The number of carbonyl (C=O) groups is 2. The SMILES string of the molecule is COCCCN(CC(=O)N1CCc2sccc2[C@H]1COc1cccc(F)c1)C(=O)Nc1cccc(Cl)c1. The summed E-state index contributed by atoms with van der Waals surface area (Å²) in [6, 6.07) is 14.1. The Balaban J connectivity index is 1.49. The Labute approximate surface area is 224 Å². The summed E-state index contributed by atoms with van der Waals surface area (Å²) in [5.41, 5.74) is 1.57. The normalized spacial score (nSPS) is 14.7. The number of anilines is 1. The summed E-state index contributed by atoms with van der Waals surface area (Å²) in [6.07, 6.45) is 1.31. The highest BCUT2D eigenvalue weighted by molar-refractivity contribution is 7.10. The molecule has 0 fully saturated rings. The lowest BCUT2D eigenvalue weighted by Gasteiger charge is -2.37. The Bertz CT molecular complexity index is 1220. The number of amides is 3. The van der Waals surface area contributed by atoms with Crippen LogP contribution in [0.3, 0.4) is 0 Å². The number of thiophene rings is 1. The van der Waals surface area contributed by atoms with Gasteiger partial charge < -0.3 is 24.6 Å². The Morgan fingerprint density at radius 1 is 1.22 bits per heavy atom. The van der Waals surface area contributed by atoms with Gasteiger partial charge >= 0.3 is 6.03 Å². The van der Waals surface area contributed by atoms with Crippen molar-refractivity contribution in [3.8, 4) is 5.75 Å². The van der Waals surface area contributed by atoms with E-state index in [2.05, 4.69) is 5.32 Å². The van der Waals surface area contributed by atoms with Crippen molar-refractivity contribution < 1.29 is 23.5 Å². The summed E-state index contributed by atoms with van der Waals surface area (Å²) in [7, 11) is 1.59. The first-order chi connectivity index (χ1) is 17.9. The molecule has 1 aliphatic rings. The number of hydrogen-bond donors (Lipinski definition) is 1. The van der Waals surface area contributed by atoms with Gasteiger partial charge in [0.15, 0.2) is 0 Å². The van der Waals surface area contributed by atoms with Gasteiger partial charge in [-0.1, -0.05) is 23.7 Å². The Kier molecular flexibility index (Phi) is 9.38. The second kappa shape index (κ2) is 12.9. The first-order valence-corrected chi connectivity index (χ1v) is 13.2. The monoisotopic (exact) mass is 545 g/mol. The molecule has 0 bridgehead atoms. The van der Waals surface area contributed by atoms with Crippen LogP contribution in [0.15, 0.2) is 60.0 Å². The molecule has 3 aromatic rings. The van der Waals surface area contributed by atoms with E-state index >= 15 is 0 Å². The minimum Gasteiger partial charge on any atom is -0.491 e. The number of nitrogens with zero attached hydrogens (tertiary/aromatic N) is 2. The van der Waals surface area contributed by atoms with Crippen LogP contribution in [0.5, 0.6) is 5.75 Å². The molecular formula is C27H29ClFN3O4S. The molecule has 10 heteroatoms. The smallest absolute Gasteiger partial charge is 0.322 e. The largest absolute Gasteiger partial charge is 0.491 e. The number of ether oxygens (including phenoxy) is 2. The van der Waals surface area contributed by atoms with E-state index in [0.717, 1.165) is 12.0 Å². The summed E-state index contributed by atoms with van der Waals surface area (Å²) in [6.45, 7) is 1.38. The number of methoxy groups -OCH3 is 1. The van der Waals surface area contributed by atoms with Crippen molar-refractivity contribution in [2.75, 3.05) is 45.3 Å². The van der Waals surface area contributed by atoms with Gasteiger partial charge in [-0.25, -0.2) is 9.18 Å². The molecule has 1 N–H and O–H groups in total. The molecule has 0 aliphatic carbocycles. The lowest BCUT2D eigenvalue weighted by Crippen LogP contribution is -2.49. The Morgan fingerprint density at radius 3 is 2.84 bits per heavy atom. The quantitative estimate of drug-likeness (QED) is 0.336. The van der Waals surface area contributed by atoms with Gasteiger partial charge in [0.1, 0.15) is 24.7 Å². The minimum absolute atomic E-state index is 0.105. The standard InChI is InChI=1S/C27H29ClFN3O4S/c1-35-13-4-11-31(27(34)30-21-7-2-5-19(28)15-21)17-26(33)32-12-9-25-23(10-14-37-25)24(32)18-36-22-8-3-6-20(29)16-22/h2-3,5-8,10,14-16,24H,4,9,11-13,17-18H2,1H3,(H,30,34)/t24-/m1/s1. The zero-order valence-electron chi connectivity index (χ0n) is 20.5. The third kappa shape index (κ3) is 7.21. The summed E-state index contributed by atoms with van der Waals surface area (Å²) in [4.78, 5) is 31.2. The zero-order valence-corrected chi connectivity index (χ0v) is 22.1. The number of nitrogens with one attached hydrogen (secondary N) is 1. The average molecular weight is 546 g/mol. The lowest BCUT2D eigenvalue weighted by molar-refractivity contribution is -0.135. The van der Waals surface area contributed by atoms with E-state index < -0.39 is 6.03 Å². The van der Waals surface area contributed by atoms with Gasteiger partial charge in [0, 0.05) is 48.5 Å². The third-order valence-electron chi connectivity index (χ3n) is 6.08. The molecule has 37 heavy (non-hydrogen) atoms. The maximum atomic E-state index is 13.6. The van der Waals surface area contributed by atoms with Crippen molar-refractivity contribution in [3.05, 3.63) is 81.3 Å². The van der Waals surface area contributed by atoms with Crippen LogP contribution >= 0.6 is 22.9 Å². The fourth-order valence-corrected chi connectivity index (χ4v) is 5.40. The van der Waals surface area contributed by atoms with Gasteiger partial charge in [-0.3, -0.25) is 4.79 Å². The summed E-state index contributed by atoms with van der Waals surface area (Å²) < 4.78 is 24.7. The van der Waals surface area contributed by atoms with Crippen LogP contribution in [0.25, 0.3) is 0 Å². The average Bonchev–Trinajstić information content (AvgIpc) is 3.36. The Morgan fingerprint density at radius 2 is 2.05 bits per heavy atom. The fraction of sp³-hybridized carbons (Fsp3) is 0.333. The zero-order chi connectivity index (χ0) is 26.2. The highest BCUT2D eigenvalue weighted by Crippen LogP contribution is 2.34. The molecule has 0 saturated heterocycles.